The van der Waals surface area contributed by atoms with Crippen LogP contribution in [0.3, 0.4) is 0 Å². The molecular formula is C17H21N5O3. The average molecular weight is 343 g/mol. The topological polar surface area (TPSA) is 103 Å². The number of carbonyl (C=O) groups is 1. The molecule has 1 saturated heterocycles. The average Bonchev–Trinajstić information content (AvgIpc) is 3.06. The minimum atomic E-state index is -0.142. The van der Waals surface area contributed by atoms with Gasteiger partial charge in [0.25, 0.3) is 0 Å². The van der Waals surface area contributed by atoms with Crippen LogP contribution in [0.2, 0.25) is 0 Å². The van der Waals surface area contributed by atoms with Gasteiger partial charge in [-0.3, -0.25) is 9.59 Å². The highest BCUT2D eigenvalue weighted by Crippen LogP contribution is 2.22. The van der Waals surface area contributed by atoms with Crippen LogP contribution in [0.15, 0.2) is 23.1 Å². The van der Waals surface area contributed by atoms with Gasteiger partial charge in [0.2, 0.25) is 11.5 Å². The summed E-state index contributed by atoms with van der Waals surface area (Å²) >= 11 is 0. The van der Waals surface area contributed by atoms with Crippen molar-refractivity contribution in [2.75, 3.05) is 26.2 Å². The minimum absolute atomic E-state index is 0.0406. The zero-order valence-corrected chi connectivity index (χ0v) is 13.9. The van der Waals surface area contributed by atoms with Crippen LogP contribution >= 0.6 is 0 Å². The molecule has 2 aromatic heterocycles. The van der Waals surface area contributed by atoms with Crippen molar-refractivity contribution in [1.29, 1.82) is 0 Å². The number of imidazole rings is 1. The normalized spacial score (nSPS) is 20.3. The fourth-order valence-corrected chi connectivity index (χ4v) is 3.28. The number of pyridine rings is 1. The van der Waals surface area contributed by atoms with Crippen molar-refractivity contribution in [1.82, 2.24) is 25.2 Å². The van der Waals surface area contributed by atoms with Crippen LogP contribution in [0, 0.1) is 0 Å². The number of aromatic nitrogens is 3. The predicted octanol–water partition coefficient (Wildman–Crippen LogP) is 0.0282. The van der Waals surface area contributed by atoms with Crippen LogP contribution in [-0.4, -0.2) is 58.1 Å². The maximum atomic E-state index is 12.5. The zero-order chi connectivity index (χ0) is 17.2. The SMILES string of the molecule is O=C(CC1CNCCO1)N1CCc2nc(-c3ccc(=O)[nH]c3)[nH]c2C1. The van der Waals surface area contributed by atoms with E-state index in [1.165, 1.54) is 6.07 Å². The molecule has 1 fully saturated rings. The van der Waals surface area contributed by atoms with Gasteiger partial charge >= 0.3 is 0 Å². The lowest BCUT2D eigenvalue weighted by atomic mass is 10.1. The van der Waals surface area contributed by atoms with Crippen molar-refractivity contribution in [2.24, 2.45) is 0 Å². The standard InChI is InChI=1S/C17H21N5O3/c23-15-2-1-11(8-19-15)17-20-13-3-5-22(10-14(13)21-17)16(24)7-12-9-18-4-6-25-12/h1-2,8,12,18H,3-7,9-10H2,(H,19,23)(H,20,21). The first-order valence-corrected chi connectivity index (χ1v) is 8.56. The summed E-state index contributed by atoms with van der Waals surface area (Å²) in [7, 11) is 0. The Bertz CT molecular complexity index is 801. The van der Waals surface area contributed by atoms with Crippen molar-refractivity contribution in [3.05, 3.63) is 40.1 Å². The van der Waals surface area contributed by atoms with Crippen LogP contribution in [0.25, 0.3) is 11.4 Å². The molecule has 1 atom stereocenters. The Balaban J connectivity index is 1.44. The van der Waals surface area contributed by atoms with Crippen LogP contribution in [0.5, 0.6) is 0 Å². The fourth-order valence-electron chi connectivity index (χ4n) is 3.28. The van der Waals surface area contributed by atoms with E-state index in [9.17, 15) is 9.59 Å². The number of hydrogen-bond acceptors (Lipinski definition) is 5. The molecule has 25 heavy (non-hydrogen) atoms. The Kier molecular flexibility index (Phi) is 4.37. The maximum Gasteiger partial charge on any atom is 0.247 e. The van der Waals surface area contributed by atoms with Gasteiger partial charge in [-0.15, -0.1) is 0 Å². The van der Waals surface area contributed by atoms with E-state index in [0.29, 0.717) is 26.1 Å². The smallest absolute Gasteiger partial charge is 0.247 e. The minimum Gasteiger partial charge on any atom is -0.375 e. The number of nitrogens with zero attached hydrogens (tertiary/aromatic N) is 2. The van der Waals surface area contributed by atoms with E-state index >= 15 is 0 Å². The quantitative estimate of drug-likeness (QED) is 0.729. The second-order valence-electron chi connectivity index (χ2n) is 6.42. The summed E-state index contributed by atoms with van der Waals surface area (Å²) in [5.41, 5.74) is 2.63. The number of ether oxygens (including phenoxy) is 1. The Morgan fingerprint density at radius 1 is 1.40 bits per heavy atom. The highest BCUT2D eigenvalue weighted by atomic mass is 16.5. The number of nitrogens with one attached hydrogen (secondary N) is 3. The molecule has 0 bridgehead atoms. The third-order valence-corrected chi connectivity index (χ3v) is 4.65. The summed E-state index contributed by atoms with van der Waals surface area (Å²) in [6, 6.07) is 3.21. The number of rotatable bonds is 3. The molecule has 0 radical (unpaired) electrons. The molecule has 0 spiro atoms. The van der Waals surface area contributed by atoms with Gasteiger partial charge < -0.3 is 24.9 Å². The lowest BCUT2D eigenvalue weighted by Crippen LogP contribution is -2.43. The van der Waals surface area contributed by atoms with Gasteiger partial charge in [0.05, 0.1) is 37.1 Å². The molecule has 2 aromatic rings. The first-order chi connectivity index (χ1) is 12.2. The summed E-state index contributed by atoms with van der Waals surface area (Å²) in [6.07, 6.45) is 2.73. The number of H-pyrrole nitrogens is 2. The van der Waals surface area contributed by atoms with E-state index in [0.717, 1.165) is 42.3 Å². The molecule has 1 amide bonds. The number of morpholine rings is 1. The molecule has 0 saturated carbocycles. The van der Waals surface area contributed by atoms with Crippen molar-refractivity contribution in [2.45, 2.75) is 25.5 Å². The maximum absolute atomic E-state index is 12.5. The third-order valence-electron chi connectivity index (χ3n) is 4.65. The summed E-state index contributed by atoms with van der Waals surface area (Å²) in [4.78, 5) is 36.1. The number of fused-ring (bicyclic) bond motifs is 1. The second kappa shape index (κ2) is 6.81. The van der Waals surface area contributed by atoms with Crippen LogP contribution < -0.4 is 10.9 Å². The van der Waals surface area contributed by atoms with Gasteiger partial charge in [0.15, 0.2) is 0 Å². The van der Waals surface area contributed by atoms with Crippen molar-refractivity contribution in [3.63, 3.8) is 0 Å². The summed E-state index contributed by atoms with van der Waals surface area (Å²) in [6.45, 7) is 3.43. The van der Waals surface area contributed by atoms with Gasteiger partial charge in [-0.05, 0) is 6.07 Å². The Morgan fingerprint density at radius 3 is 3.08 bits per heavy atom. The molecule has 2 aliphatic heterocycles. The molecule has 132 valence electrons. The van der Waals surface area contributed by atoms with E-state index < -0.39 is 0 Å². The fraction of sp³-hybridized carbons (Fsp3) is 0.471. The van der Waals surface area contributed by atoms with Crippen molar-refractivity contribution >= 4 is 5.91 Å². The monoisotopic (exact) mass is 343 g/mol. The van der Waals surface area contributed by atoms with Crippen molar-refractivity contribution in [3.8, 4) is 11.4 Å². The largest absolute Gasteiger partial charge is 0.375 e. The number of aromatic amines is 2. The molecule has 2 aliphatic rings. The van der Waals surface area contributed by atoms with E-state index in [1.54, 1.807) is 12.3 Å². The van der Waals surface area contributed by atoms with Crippen LogP contribution in [0.1, 0.15) is 17.8 Å². The van der Waals surface area contributed by atoms with E-state index in [2.05, 4.69) is 20.3 Å². The predicted molar refractivity (Wildman–Crippen MR) is 91.0 cm³/mol. The molecule has 3 N–H and O–H groups in total. The molecular weight excluding hydrogens is 322 g/mol. The number of hydrogen-bond donors (Lipinski definition) is 3. The molecule has 0 aromatic carbocycles. The third kappa shape index (κ3) is 3.49. The first-order valence-electron chi connectivity index (χ1n) is 8.56. The summed E-state index contributed by atoms with van der Waals surface area (Å²) in [5.74, 6) is 0.829. The molecule has 4 heterocycles. The Morgan fingerprint density at radius 2 is 2.32 bits per heavy atom. The lowest BCUT2D eigenvalue weighted by molar-refractivity contribution is -0.135. The van der Waals surface area contributed by atoms with E-state index in [4.69, 9.17) is 4.74 Å². The molecule has 8 heteroatoms. The number of carbonyl (C=O) groups excluding carboxylic acids is 1. The highest BCUT2D eigenvalue weighted by Gasteiger charge is 2.26. The Hall–Kier alpha value is -2.45. The first kappa shape index (κ1) is 16.0. The van der Waals surface area contributed by atoms with Crippen molar-refractivity contribution < 1.29 is 9.53 Å². The van der Waals surface area contributed by atoms with Gasteiger partial charge in [-0.25, -0.2) is 4.98 Å². The van der Waals surface area contributed by atoms with Crippen LogP contribution in [0.4, 0.5) is 0 Å². The summed E-state index contributed by atoms with van der Waals surface area (Å²) in [5, 5.41) is 3.25. The van der Waals surface area contributed by atoms with Crippen LogP contribution in [-0.2, 0) is 22.5 Å². The van der Waals surface area contributed by atoms with E-state index in [-0.39, 0.29) is 17.6 Å². The zero-order valence-electron chi connectivity index (χ0n) is 13.9. The summed E-state index contributed by atoms with van der Waals surface area (Å²) < 4.78 is 5.62. The number of amides is 1. The second-order valence-corrected chi connectivity index (χ2v) is 6.42. The molecule has 0 aliphatic carbocycles. The van der Waals surface area contributed by atoms with Gasteiger partial charge in [-0.1, -0.05) is 0 Å². The van der Waals surface area contributed by atoms with Gasteiger partial charge in [0, 0.05) is 43.9 Å². The van der Waals surface area contributed by atoms with Gasteiger partial charge in [0.1, 0.15) is 5.82 Å². The van der Waals surface area contributed by atoms with Gasteiger partial charge in [-0.2, -0.15) is 0 Å². The Labute approximate surface area is 144 Å². The highest BCUT2D eigenvalue weighted by molar-refractivity contribution is 5.77. The molecule has 1 unspecified atom stereocenters. The molecule has 8 nitrogen and oxygen atoms in total. The van der Waals surface area contributed by atoms with E-state index in [1.807, 2.05) is 4.90 Å². The lowest BCUT2D eigenvalue weighted by Gasteiger charge is -2.29. The molecule has 4 rings (SSSR count).